The molecule has 0 aliphatic carbocycles. The molecule has 2 rings (SSSR count). The number of hydrogen-bond acceptors (Lipinski definition) is 7. The molecular weight excluding hydrogens is 448 g/mol. The van der Waals surface area contributed by atoms with E-state index in [9.17, 15) is 13.2 Å². The molecule has 0 fully saturated rings. The number of thioether (sulfide) groups is 1. The summed E-state index contributed by atoms with van der Waals surface area (Å²) in [6.07, 6.45) is 0. The molecule has 2 aromatic rings. The average Bonchev–Trinajstić information content (AvgIpc) is 3.07. The van der Waals surface area contributed by atoms with Gasteiger partial charge >= 0.3 is 5.97 Å². The summed E-state index contributed by atoms with van der Waals surface area (Å²) in [4.78, 5) is 12.4. The van der Waals surface area contributed by atoms with Crippen molar-refractivity contribution in [1.29, 1.82) is 0 Å². The van der Waals surface area contributed by atoms with E-state index in [1.807, 2.05) is 45.3 Å². The largest absolute Gasteiger partial charge is 0.459 e. The second-order valence-corrected chi connectivity index (χ2v) is 11.7. The van der Waals surface area contributed by atoms with Crippen molar-refractivity contribution in [1.82, 2.24) is 19.1 Å². The Kier molecular flexibility index (Phi) is 8.90. The average molecular weight is 483 g/mol. The van der Waals surface area contributed by atoms with Gasteiger partial charge in [0, 0.05) is 25.2 Å². The fourth-order valence-electron chi connectivity index (χ4n) is 3.14. The third kappa shape index (κ3) is 6.79. The van der Waals surface area contributed by atoms with Crippen molar-refractivity contribution in [2.24, 2.45) is 5.92 Å². The summed E-state index contributed by atoms with van der Waals surface area (Å²) >= 11 is 1.26. The first-order valence-corrected chi connectivity index (χ1v) is 13.2. The number of ether oxygens (including phenoxy) is 1. The van der Waals surface area contributed by atoms with Crippen LogP contribution in [-0.4, -0.2) is 57.9 Å². The Bertz CT molecular complexity index is 1020. The molecule has 1 aromatic carbocycles. The predicted octanol–water partition coefficient (Wildman–Crippen LogP) is 4.07. The zero-order valence-corrected chi connectivity index (χ0v) is 21.6. The van der Waals surface area contributed by atoms with Crippen LogP contribution in [0.4, 0.5) is 0 Å². The van der Waals surface area contributed by atoms with E-state index in [4.69, 9.17) is 4.74 Å². The monoisotopic (exact) mass is 482 g/mol. The highest BCUT2D eigenvalue weighted by Gasteiger charge is 2.24. The van der Waals surface area contributed by atoms with Crippen LogP contribution < -0.4 is 0 Å². The van der Waals surface area contributed by atoms with Crippen LogP contribution in [-0.2, 0) is 26.1 Å². The number of rotatable bonds is 10. The second kappa shape index (κ2) is 10.8. The minimum absolute atomic E-state index is 0.115. The molecule has 0 aliphatic rings. The summed E-state index contributed by atoms with van der Waals surface area (Å²) in [5, 5.41) is 9.21. The van der Waals surface area contributed by atoms with Gasteiger partial charge in [-0.25, -0.2) is 8.42 Å². The summed E-state index contributed by atoms with van der Waals surface area (Å²) < 4.78 is 34.7. The third-order valence-corrected chi connectivity index (χ3v) is 7.43. The van der Waals surface area contributed by atoms with Crippen LogP contribution in [0.2, 0.25) is 0 Å². The third-order valence-electron chi connectivity index (χ3n) is 4.44. The minimum Gasteiger partial charge on any atom is -0.459 e. The molecule has 1 aromatic heterocycles. The van der Waals surface area contributed by atoms with Crippen molar-refractivity contribution in [3.8, 4) is 11.4 Å². The fourth-order valence-corrected chi connectivity index (χ4v) is 5.37. The van der Waals surface area contributed by atoms with Crippen molar-refractivity contribution in [2.75, 3.05) is 18.8 Å². The van der Waals surface area contributed by atoms with Gasteiger partial charge in [-0.3, -0.25) is 4.79 Å². The Morgan fingerprint density at radius 3 is 2.41 bits per heavy atom. The molecule has 10 heteroatoms. The van der Waals surface area contributed by atoms with Crippen LogP contribution in [0.15, 0.2) is 34.3 Å². The second-order valence-electron chi connectivity index (χ2n) is 8.80. The van der Waals surface area contributed by atoms with Gasteiger partial charge in [-0.15, -0.1) is 10.2 Å². The maximum atomic E-state index is 13.0. The molecule has 178 valence electrons. The van der Waals surface area contributed by atoms with Crippen molar-refractivity contribution >= 4 is 27.8 Å². The van der Waals surface area contributed by atoms with Gasteiger partial charge in [0.25, 0.3) is 0 Å². The molecule has 0 saturated carbocycles. The number of nitrogens with zero attached hydrogens (tertiary/aromatic N) is 4. The molecule has 8 nitrogen and oxygen atoms in total. The van der Waals surface area contributed by atoms with E-state index in [1.165, 1.54) is 16.1 Å². The first-order chi connectivity index (χ1) is 14.9. The molecule has 0 N–H and O–H groups in total. The molecule has 0 atom stereocenters. The van der Waals surface area contributed by atoms with Gasteiger partial charge in [0.05, 0.1) is 10.6 Å². The van der Waals surface area contributed by atoms with Gasteiger partial charge in [-0.1, -0.05) is 51.6 Å². The first-order valence-electron chi connectivity index (χ1n) is 10.8. The number of sulfonamides is 1. The Balaban J connectivity index is 2.39. The van der Waals surface area contributed by atoms with Crippen LogP contribution in [0.3, 0.4) is 0 Å². The van der Waals surface area contributed by atoms with Crippen LogP contribution in [0.25, 0.3) is 11.4 Å². The lowest BCUT2D eigenvalue weighted by molar-refractivity contribution is -0.151. The molecule has 0 saturated heterocycles. The van der Waals surface area contributed by atoms with E-state index < -0.39 is 15.6 Å². The highest BCUT2D eigenvalue weighted by molar-refractivity contribution is 7.99. The molecule has 0 aliphatic heterocycles. The van der Waals surface area contributed by atoms with E-state index >= 15 is 0 Å². The van der Waals surface area contributed by atoms with E-state index in [0.29, 0.717) is 42.1 Å². The molecule has 0 bridgehead atoms. The molecule has 0 spiro atoms. The van der Waals surface area contributed by atoms with Crippen LogP contribution >= 0.6 is 11.8 Å². The Morgan fingerprint density at radius 1 is 1.19 bits per heavy atom. The standard InChI is InChI=1S/C22H34N4O4S2/c1-8-25(9-2)32(28,29)18-12-10-11-17(13-18)20-23-24-21(26(20)14-16(3)4)31-15-19(27)30-22(5,6)7/h10-13,16H,8-9,14-15H2,1-7H3. The maximum absolute atomic E-state index is 13.0. The lowest BCUT2D eigenvalue weighted by Gasteiger charge is -2.19. The minimum atomic E-state index is -3.59. The smallest absolute Gasteiger partial charge is 0.316 e. The Labute approximate surface area is 195 Å². The molecule has 1 heterocycles. The Hall–Kier alpha value is -1.91. The first kappa shape index (κ1) is 26.3. The van der Waals surface area contributed by atoms with Crippen LogP contribution in [0.1, 0.15) is 48.5 Å². The molecule has 0 radical (unpaired) electrons. The topological polar surface area (TPSA) is 94.4 Å². The Morgan fingerprint density at radius 2 is 1.84 bits per heavy atom. The van der Waals surface area contributed by atoms with Crippen LogP contribution in [0.5, 0.6) is 0 Å². The zero-order chi connectivity index (χ0) is 24.1. The number of benzene rings is 1. The maximum Gasteiger partial charge on any atom is 0.316 e. The van der Waals surface area contributed by atoms with Gasteiger partial charge in [0.2, 0.25) is 10.0 Å². The van der Waals surface area contributed by atoms with E-state index in [2.05, 4.69) is 24.0 Å². The number of aromatic nitrogens is 3. The van der Waals surface area contributed by atoms with Crippen molar-refractivity contribution in [3.05, 3.63) is 24.3 Å². The van der Waals surface area contributed by atoms with Crippen molar-refractivity contribution in [3.63, 3.8) is 0 Å². The van der Waals surface area contributed by atoms with Gasteiger partial charge in [-0.05, 0) is 38.8 Å². The summed E-state index contributed by atoms with van der Waals surface area (Å²) in [6, 6.07) is 6.77. The highest BCUT2D eigenvalue weighted by atomic mass is 32.2. The normalized spacial score (nSPS) is 12.5. The van der Waals surface area contributed by atoms with E-state index in [-0.39, 0.29) is 16.6 Å². The van der Waals surface area contributed by atoms with Crippen molar-refractivity contribution < 1.29 is 17.9 Å². The van der Waals surface area contributed by atoms with E-state index in [0.717, 1.165) is 0 Å². The van der Waals surface area contributed by atoms with Gasteiger partial charge in [-0.2, -0.15) is 4.31 Å². The summed E-state index contributed by atoms with van der Waals surface area (Å²) in [6.45, 7) is 14.7. The number of carbonyl (C=O) groups excluding carboxylic acids is 1. The molecule has 0 amide bonds. The summed E-state index contributed by atoms with van der Waals surface area (Å²) in [5.41, 5.74) is 0.112. The fraction of sp³-hybridized carbons (Fsp3) is 0.591. The zero-order valence-electron chi connectivity index (χ0n) is 20.0. The highest BCUT2D eigenvalue weighted by Crippen LogP contribution is 2.28. The van der Waals surface area contributed by atoms with Crippen molar-refractivity contribution in [2.45, 2.75) is 70.7 Å². The number of esters is 1. The summed E-state index contributed by atoms with van der Waals surface area (Å²) in [5.74, 6) is 0.662. The summed E-state index contributed by atoms with van der Waals surface area (Å²) in [7, 11) is -3.59. The lowest BCUT2D eigenvalue weighted by Crippen LogP contribution is -2.30. The van der Waals surface area contributed by atoms with E-state index in [1.54, 1.807) is 18.2 Å². The predicted molar refractivity (Wildman–Crippen MR) is 127 cm³/mol. The van der Waals surface area contributed by atoms with Gasteiger partial charge in [0.1, 0.15) is 5.60 Å². The molecular formula is C22H34N4O4S2. The quantitative estimate of drug-likeness (QED) is 0.372. The number of carbonyl (C=O) groups is 1. The van der Waals surface area contributed by atoms with Gasteiger partial charge in [0.15, 0.2) is 11.0 Å². The van der Waals surface area contributed by atoms with Crippen LogP contribution in [0, 0.1) is 5.92 Å². The molecule has 0 unspecified atom stereocenters. The lowest BCUT2D eigenvalue weighted by atomic mass is 10.2. The number of hydrogen-bond donors (Lipinski definition) is 0. The SMILES string of the molecule is CCN(CC)S(=O)(=O)c1cccc(-c2nnc(SCC(=O)OC(C)(C)C)n2CC(C)C)c1. The molecule has 32 heavy (non-hydrogen) atoms. The van der Waals surface area contributed by atoms with Gasteiger partial charge < -0.3 is 9.30 Å².